The van der Waals surface area contributed by atoms with E-state index in [-0.39, 0.29) is 35.2 Å². The van der Waals surface area contributed by atoms with Crippen LogP contribution in [-0.4, -0.2) is 22.7 Å². The Bertz CT molecular complexity index is 1220. The SMILES string of the molecule is O=C(O)c1[nH]c2cccc(C(F)(F)F)c2c1CCCOc1cccc2ccccc12. The van der Waals surface area contributed by atoms with Crippen molar-refractivity contribution in [3.63, 3.8) is 0 Å². The number of H-pyrrole nitrogens is 1. The van der Waals surface area contributed by atoms with E-state index in [1.165, 1.54) is 12.1 Å². The van der Waals surface area contributed by atoms with Crippen molar-refractivity contribution in [3.8, 4) is 5.75 Å². The molecule has 3 aromatic carbocycles. The van der Waals surface area contributed by atoms with Crippen molar-refractivity contribution >= 4 is 27.6 Å². The smallest absolute Gasteiger partial charge is 0.417 e. The summed E-state index contributed by atoms with van der Waals surface area (Å²) in [6.45, 7) is 0.244. The minimum Gasteiger partial charge on any atom is -0.493 e. The fourth-order valence-electron chi connectivity index (χ4n) is 3.74. The predicted molar refractivity (Wildman–Crippen MR) is 108 cm³/mol. The van der Waals surface area contributed by atoms with E-state index in [4.69, 9.17) is 4.74 Å². The first-order valence-corrected chi connectivity index (χ1v) is 9.41. The van der Waals surface area contributed by atoms with Crippen LogP contribution in [0.15, 0.2) is 60.7 Å². The molecule has 30 heavy (non-hydrogen) atoms. The average molecular weight is 413 g/mol. The first-order chi connectivity index (χ1) is 14.4. The second-order valence-electron chi connectivity index (χ2n) is 6.94. The molecular weight excluding hydrogens is 395 g/mol. The lowest BCUT2D eigenvalue weighted by atomic mass is 10.0. The Morgan fingerprint density at radius 3 is 2.50 bits per heavy atom. The number of hydrogen-bond donors (Lipinski definition) is 2. The first-order valence-electron chi connectivity index (χ1n) is 9.41. The summed E-state index contributed by atoms with van der Waals surface area (Å²) >= 11 is 0. The van der Waals surface area contributed by atoms with Gasteiger partial charge in [0.05, 0.1) is 12.2 Å². The summed E-state index contributed by atoms with van der Waals surface area (Å²) in [6.07, 6.45) is -4.08. The minimum absolute atomic E-state index is 0.0902. The van der Waals surface area contributed by atoms with Crippen molar-refractivity contribution in [3.05, 3.63) is 77.5 Å². The summed E-state index contributed by atoms with van der Waals surface area (Å²) in [5, 5.41) is 11.3. The van der Waals surface area contributed by atoms with Gasteiger partial charge in [-0.15, -0.1) is 0 Å². The van der Waals surface area contributed by atoms with Gasteiger partial charge in [0.15, 0.2) is 0 Å². The summed E-state index contributed by atoms with van der Waals surface area (Å²) in [5.74, 6) is -0.606. The topological polar surface area (TPSA) is 62.3 Å². The zero-order valence-corrected chi connectivity index (χ0v) is 15.8. The fourth-order valence-corrected chi connectivity index (χ4v) is 3.74. The highest BCUT2D eigenvalue weighted by molar-refractivity contribution is 5.99. The highest BCUT2D eigenvalue weighted by atomic mass is 19.4. The maximum absolute atomic E-state index is 13.5. The maximum Gasteiger partial charge on any atom is 0.417 e. The molecule has 0 aliphatic carbocycles. The van der Waals surface area contributed by atoms with Crippen LogP contribution < -0.4 is 4.74 Å². The number of carbonyl (C=O) groups is 1. The number of aryl methyl sites for hydroxylation is 1. The van der Waals surface area contributed by atoms with E-state index in [1.807, 2.05) is 42.5 Å². The highest BCUT2D eigenvalue weighted by Crippen LogP contribution is 2.38. The van der Waals surface area contributed by atoms with Crippen molar-refractivity contribution < 1.29 is 27.8 Å². The van der Waals surface area contributed by atoms with Crippen molar-refractivity contribution in [2.75, 3.05) is 6.61 Å². The number of carboxylic acid groups (broad SMARTS) is 1. The molecule has 4 aromatic rings. The van der Waals surface area contributed by atoms with Crippen LogP contribution in [0.1, 0.15) is 28.0 Å². The van der Waals surface area contributed by atoms with Crippen LogP contribution in [0.25, 0.3) is 21.7 Å². The number of benzene rings is 3. The molecule has 2 N–H and O–H groups in total. The van der Waals surface area contributed by atoms with E-state index in [0.717, 1.165) is 16.8 Å². The van der Waals surface area contributed by atoms with Crippen molar-refractivity contribution in [2.24, 2.45) is 0 Å². The third kappa shape index (κ3) is 3.70. The summed E-state index contributed by atoms with van der Waals surface area (Å²) in [4.78, 5) is 14.2. The largest absolute Gasteiger partial charge is 0.493 e. The molecule has 1 heterocycles. The number of alkyl halides is 3. The molecule has 4 rings (SSSR count). The molecule has 0 unspecified atom stereocenters. The summed E-state index contributed by atoms with van der Waals surface area (Å²) in [6, 6.07) is 17.1. The maximum atomic E-state index is 13.5. The van der Waals surface area contributed by atoms with Crippen LogP contribution in [-0.2, 0) is 12.6 Å². The molecule has 154 valence electrons. The Hall–Kier alpha value is -3.48. The summed E-state index contributed by atoms with van der Waals surface area (Å²) in [7, 11) is 0. The standard InChI is InChI=1S/C23H18F3NO3/c24-23(25,26)17-10-4-11-18-20(17)16(21(27-18)22(28)29)9-5-13-30-19-12-3-7-14-6-1-2-8-15(14)19/h1-4,6-8,10-12,27H,5,9,13H2,(H,28,29). The van der Waals surface area contributed by atoms with Gasteiger partial charge in [0.25, 0.3) is 0 Å². The van der Waals surface area contributed by atoms with Gasteiger partial charge in [-0.1, -0.05) is 42.5 Å². The molecule has 0 saturated carbocycles. The number of fused-ring (bicyclic) bond motifs is 2. The lowest BCUT2D eigenvalue weighted by Crippen LogP contribution is -2.08. The number of aromatic carboxylic acids is 1. The van der Waals surface area contributed by atoms with Gasteiger partial charge in [-0.25, -0.2) is 4.79 Å². The zero-order chi connectivity index (χ0) is 21.3. The van der Waals surface area contributed by atoms with Crippen LogP contribution in [0.4, 0.5) is 13.2 Å². The number of halogens is 3. The molecule has 0 bridgehead atoms. The van der Waals surface area contributed by atoms with Crippen LogP contribution in [0.5, 0.6) is 5.75 Å². The van der Waals surface area contributed by atoms with E-state index in [1.54, 1.807) is 0 Å². The average Bonchev–Trinajstić information content (AvgIpc) is 3.09. The van der Waals surface area contributed by atoms with Gasteiger partial charge in [0.1, 0.15) is 11.4 Å². The normalized spacial score (nSPS) is 11.8. The summed E-state index contributed by atoms with van der Waals surface area (Å²) in [5.41, 5.74) is -0.750. The van der Waals surface area contributed by atoms with Crippen LogP contribution >= 0.6 is 0 Å². The van der Waals surface area contributed by atoms with Gasteiger partial charge < -0.3 is 14.8 Å². The third-order valence-electron chi connectivity index (χ3n) is 5.03. The van der Waals surface area contributed by atoms with E-state index < -0.39 is 17.7 Å². The number of carboxylic acids is 1. The number of aromatic amines is 1. The monoisotopic (exact) mass is 413 g/mol. The lowest BCUT2D eigenvalue weighted by molar-refractivity contribution is -0.136. The number of aromatic nitrogens is 1. The molecule has 0 atom stereocenters. The Labute approximate surface area is 169 Å². The molecular formula is C23H18F3NO3. The van der Waals surface area contributed by atoms with Crippen molar-refractivity contribution in [2.45, 2.75) is 19.0 Å². The molecule has 0 aliphatic rings. The van der Waals surface area contributed by atoms with Crippen LogP contribution in [0.3, 0.4) is 0 Å². The third-order valence-corrected chi connectivity index (χ3v) is 5.03. The van der Waals surface area contributed by atoms with E-state index in [9.17, 15) is 23.1 Å². The molecule has 4 nitrogen and oxygen atoms in total. The molecule has 7 heteroatoms. The van der Waals surface area contributed by atoms with Crippen LogP contribution in [0.2, 0.25) is 0 Å². The van der Waals surface area contributed by atoms with Gasteiger partial charge in [0, 0.05) is 16.3 Å². The number of rotatable bonds is 6. The Morgan fingerprint density at radius 2 is 1.73 bits per heavy atom. The molecule has 0 saturated heterocycles. The van der Waals surface area contributed by atoms with Gasteiger partial charge in [-0.2, -0.15) is 13.2 Å². The van der Waals surface area contributed by atoms with Gasteiger partial charge >= 0.3 is 12.1 Å². The first kappa shape index (κ1) is 19.8. The Morgan fingerprint density at radius 1 is 1.00 bits per heavy atom. The highest BCUT2D eigenvalue weighted by Gasteiger charge is 2.34. The fraction of sp³-hybridized carbons (Fsp3) is 0.174. The molecule has 0 spiro atoms. The van der Waals surface area contributed by atoms with Crippen molar-refractivity contribution in [1.29, 1.82) is 0 Å². The zero-order valence-electron chi connectivity index (χ0n) is 15.8. The summed E-state index contributed by atoms with van der Waals surface area (Å²) < 4.78 is 46.3. The molecule has 0 aliphatic heterocycles. The van der Waals surface area contributed by atoms with E-state index in [2.05, 4.69) is 4.98 Å². The molecule has 0 amide bonds. The van der Waals surface area contributed by atoms with Crippen LogP contribution in [0, 0.1) is 0 Å². The van der Waals surface area contributed by atoms with E-state index >= 15 is 0 Å². The Balaban J connectivity index is 1.59. The second kappa shape index (κ2) is 7.74. The molecule has 0 fully saturated rings. The quantitative estimate of drug-likeness (QED) is 0.378. The Kier molecular flexibility index (Phi) is 5.11. The number of nitrogens with one attached hydrogen (secondary N) is 1. The number of hydrogen-bond acceptors (Lipinski definition) is 2. The second-order valence-corrected chi connectivity index (χ2v) is 6.94. The number of ether oxygens (including phenoxy) is 1. The van der Waals surface area contributed by atoms with E-state index in [0.29, 0.717) is 12.2 Å². The van der Waals surface area contributed by atoms with Gasteiger partial charge in [-0.05, 0) is 42.0 Å². The lowest BCUT2D eigenvalue weighted by Gasteiger charge is -2.11. The minimum atomic E-state index is -4.58. The molecule has 1 aromatic heterocycles. The van der Waals surface area contributed by atoms with Gasteiger partial charge in [-0.3, -0.25) is 0 Å². The molecule has 0 radical (unpaired) electrons. The predicted octanol–water partition coefficient (Wildman–Crippen LogP) is 6.05. The van der Waals surface area contributed by atoms with Crippen molar-refractivity contribution in [1.82, 2.24) is 4.98 Å². The van der Waals surface area contributed by atoms with Gasteiger partial charge in [0.2, 0.25) is 0 Å².